The molecule has 198 valence electrons. The Morgan fingerprint density at radius 2 is 1.57 bits per heavy atom. The van der Waals surface area contributed by atoms with Crippen molar-refractivity contribution in [3.8, 4) is 0 Å². The molecule has 3 N–H and O–H groups in total. The van der Waals surface area contributed by atoms with Crippen molar-refractivity contribution in [1.82, 2.24) is 14.5 Å². The summed E-state index contributed by atoms with van der Waals surface area (Å²) in [5, 5.41) is 9.71. The Morgan fingerprint density at radius 3 is 2.24 bits per heavy atom. The molecule has 3 aliphatic heterocycles. The van der Waals surface area contributed by atoms with Crippen LogP contribution in [-0.2, 0) is 4.79 Å². The molecule has 3 saturated heterocycles. The summed E-state index contributed by atoms with van der Waals surface area (Å²) in [5.41, 5.74) is 7.45. The second-order valence-corrected chi connectivity index (χ2v) is 12.5. The van der Waals surface area contributed by atoms with Crippen LogP contribution in [0.15, 0.2) is 29.1 Å². The van der Waals surface area contributed by atoms with Crippen LogP contribution in [0.1, 0.15) is 76.7 Å². The highest BCUT2D eigenvalue weighted by Gasteiger charge is 2.47. The van der Waals surface area contributed by atoms with Crippen LogP contribution in [0, 0.1) is 11.8 Å². The van der Waals surface area contributed by atoms with Crippen LogP contribution < -0.4 is 16.2 Å². The lowest BCUT2D eigenvalue weighted by atomic mass is 9.68. The van der Waals surface area contributed by atoms with E-state index in [4.69, 9.17) is 5.73 Å². The summed E-state index contributed by atoms with van der Waals surface area (Å²) in [4.78, 5) is 35.1. The third kappa shape index (κ3) is 3.90. The van der Waals surface area contributed by atoms with Gasteiger partial charge in [-0.25, -0.2) is 9.78 Å². The van der Waals surface area contributed by atoms with Gasteiger partial charge in [0.15, 0.2) is 5.82 Å². The number of carbonyl (C=O) groups is 1. The lowest BCUT2D eigenvalue weighted by Gasteiger charge is -2.55. The zero-order valence-corrected chi connectivity index (χ0v) is 21.5. The number of nitrogens with two attached hydrogens (primary N) is 1. The van der Waals surface area contributed by atoms with Crippen molar-refractivity contribution in [3.05, 3.63) is 34.6 Å². The van der Waals surface area contributed by atoms with Gasteiger partial charge >= 0.3 is 5.97 Å². The number of aliphatic carboxylic acids is 1. The van der Waals surface area contributed by atoms with Crippen LogP contribution in [0.4, 0.5) is 5.82 Å². The predicted octanol–water partition coefficient (Wildman–Crippen LogP) is 3.52. The molecule has 2 aliphatic carbocycles. The van der Waals surface area contributed by atoms with Crippen molar-refractivity contribution in [1.29, 1.82) is 0 Å². The molecule has 1 aromatic heterocycles. The predicted molar refractivity (Wildman–Crippen MR) is 143 cm³/mol. The fourth-order valence-electron chi connectivity index (χ4n) is 8.90. The number of hydrogen-bond donors (Lipinski definition) is 2. The van der Waals surface area contributed by atoms with E-state index < -0.39 is 18.1 Å². The highest BCUT2D eigenvalue weighted by Crippen LogP contribution is 2.47. The third-order valence-electron chi connectivity index (χ3n) is 10.3. The Balaban J connectivity index is 1.23. The van der Waals surface area contributed by atoms with Crippen molar-refractivity contribution in [2.24, 2.45) is 17.6 Å². The van der Waals surface area contributed by atoms with Gasteiger partial charge in [0.25, 0.3) is 5.56 Å². The third-order valence-corrected chi connectivity index (χ3v) is 10.3. The van der Waals surface area contributed by atoms with E-state index in [1.54, 1.807) is 4.90 Å². The molecule has 37 heavy (non-hydrogen) atoms. The highest BCUT2D eigenvalue weighted by molar-refractivity contribution is 5.83. The van der Waals surface area contributed by atoms with Crippen molar-refractivity contribution >= 4 is 22.8 Å². The number of nitrogens with zero attached hydrogens (tertiary/aromatic N) is 4. The Bertz CT molecular complexity index is 1240. The normalized spacial score (nSPS) is 37.8. The van der Waals surface area contributed by atoms with Gasteiger partial charge in [-0.05, 0) is 68.9 Å². The van der Waals surface area contributed by atoms with Gasteiger partial charge in [0.2, 0.25) is 0 Å². The first-order valence-electron chi connectivity index (χ1n) is 14.5. The first-order valence-corrected chi connectivity index (χ1v) is 14.5. The zero-order chi connectivity index (χ0) is 25.3. The van der Waals surface area contributed by atoms with Gasteiger partial charge in [0.05, 0.1) is 17.1 Å². The monoisotopic (exact) mass is 505 g/mol. The van der Waals surface area contributed by atoms with Crippen LogP contribution in [0.2, 0.25) is 0 Å². The molecule has 2 aromatic rings. The lowest BCUT2D eigenvalue weighted by Crippen LogP contribution is -2.69. The maximum absolute atomic E-state index is 14.0. The number of carboxylic acid groups (broad SMARTS) is 1. The molecule has 4 heterocycles. The van der Waals surface area contributed by atoms with Gasteiger partial charge in [0.1, 0.15) is 6.04 Å². The smallest absolute Gasteiger partial charge is 0.328 e. The Morgan fingerprint density at radius 1 is 0.892 bits per heavy atom. The van der Waals surface area contributed by atoms with E-state index in [-0.39, 0.29) is 17.4 Å². The number of carboxylic acids is 1. The maximum atomic E-state index is 14.0. The molecular formula is C29H39N5O3. The summed E-state index contributed by atoms with van der Waals surface area (Å²) in [6, 6.07) is 8.29. The number of para-hydroxylation sites is 2. The Labute approximate surface area is 217 Å². The maximum Gasteiger partial charge on any atom is 0.328 e. The summed E-state index contributed by atoms with van der Waals surface area (Å²) in [6.45, 7) is 0.339. The second kappa shape index (κ2) is 9.09. The molecule has 2 saturated carbocycles. The van der Waals surface area contributed by atoms with Crippen LogP contribution in [0.25, 0.3) is 11.0 Å². The number of anilines is 1. The summed E-state index contributed by atoms with van der Waals surface area (Å²) < 4.78 is 1.97. The van der Waals surface area contributed by atoms with Gasteiger partial charge < -0.3 is 20.3 Å². The van der Waals surface area contributed by atoms with Crippen molar-refractivity contribution in [2.45, 2.75) is 107 Å². The first-order chi connectivity index (χ1) is 18.0. The van der Waals surface area contributed by atoms with Gasteiger partial charge in [0, 0.05) is 30.7 Å². The molecule has 8 heteroatoms. The van der Waals surface area contributed by atoms with Gasteiger partial charge in [-0.2, -0.15) is 0 Å². The van der Waals surface area contributed by atoms with E-state index in [0.717, 1.165) is 35.7 Å². The minimum absolute atomic E-state index is 0.104. The van der Waals surface area contributed by atoms with Crippen molar-refractivity contribution in [3.63, 3.8) is 0 Å². The van der Waals surface area contributed by atoms with Gasteiger partial charge in [-0.15, -0.1) is 0 Å². The molecule has 7 rings (SSSR count). The Kier molecular flexibility index (Phi) is 5.81. The largest absolute Gasteiger partial charge is 0.480 e. The van der Waals surface area contributed by atoms with Crippen LogP contribution in [-0.4, -0.2) is 62.3 Å². The minimum Gasteiger partial charge on any atom is -0.480 e. The van der Waals surface area contributed by atoms with E-state index in [0.29, 0.717) is 24.7 Å². The number of benzene rings is 1. The summed E-state index contributed by atoms with van der Waals surface area (Å²) in [6.07, 6.45) is 14.1. The van der Waals surface area contributed by atoms with Crippen LogP contribution >= 0.6 is 0 Å². The average molecular weight is 506 g/mol. The summed E-state index contributed by atoms with van der Waals surface area (Å²) >= 11 is 0. The molecule has 0 radical (unpaired) electrons. The van der Waals surface area contributed by atoms with E-state index in [2.05, 4.69) is 9.88 Å². The number of fused-ring (bicyclic) bond motifs is 5. The van der Waals surface area contributed by atoms with Gasteiger partial charge in [-0.1, -0.05) is 37.8 Å². The molecule has 8 nitrogen and oxygen atoms in total. The van der Waals surface area contributed by atoms with Crippen molar-refractivity contribution in [2.75, 3.05) is 11.4 Å². The standard InChI is InChI=1S/C29H39N5O3/c30-23-16-32(26(23)29(36)37)27-28(35)34(25-10-2-1-9-24(25)31-27)22-14-19-7-4-8-20(15-22)33(19)21-12-17-5-3-6-18(11-17)13-21/h1-2,9-10,17-23,26H,3-8,11-16,30H2,(H,36,37)/t17-,18+,19-,20+,21?,22?,23-,26+/m1/s1. The van der Waals surface area contributed by atoms with Crippen molar-refractivity contribution < 1.29 is 9.90 Å². The van der Waals surface area contributed by atoms with E-state index >= 15 is 0 Å². The van der Waals surface area contributed by atoms with E-state index in [1.807, 2.05) is 28.8 Å². The minimum atomic E-state index is -1.00. The molecule has 0 amide bonds. The molecule has 5 fully saturated rings. The van der Waals surface area contributed by atoms with Gasteiger partial charge in [-0.3, -0.25) is 9.69 Å². The zero-order valence-electron chi connectivity index (χ0n) is 21.5. The summed E-state index contributed by atoms with van der Waals surface area (Å²) in [7, 11) is 0. The molecular weight excluding hydrogens is 466 g/mol. The quantitative estimate of drug-likeness (QED) is 0.655. The second-order valence-electron chi connectivity index (χ2n) is 12.5. The summed E-state index contributed by atoms with van der Waals surface area (Å²) in [5.74, 6) is 1.06. The molecule has 8 atom stereocenters. The molecule has 1 aromatic carbocycles. The van der Waals surface area contributed by atoms with E-state index in [9.17, 15) is 14.7 Å². The highest BCUT2D eigenvalue weighted by atomic mass is 16.4. The number of piperidine rings is 2. The number of aromatic nitrogens is 2. The lowest BCUT2D eigenvalue weighted by molar-refractivity contribution is -0.140. The van der Waals surface area contributed by atoms with E-state index in [1.165, 1.54) is 57.8 Å². The Hall–Kier alpha value is -2.45. The molecule has 0 spiro atoms. The fourth-order valence-corrected chi connectivity index (χ4v) is 8.90. The first kappa shape index (κ1) is 23.7. The SMILES string of the molecule is N[C@@H]1CN(c2nc3ccccc3n(C3C[C@H]4CCC[C@@H](C3)N4C3C[C@H]4CCC[C@@H](C3)C4)c2=O)[C@@H]1C(=O)O. The van der Waals surface area contributed by atoms with Crippen LogP contribution in [0.3, 0.4) is 0 Å². The topological polar surface area (TPSA) is 105 Å². The average Bonchev–Trinajstić information content (AvgIpc) is 2.85. The number of hydrogen-bond acceptors (Lipinski definition) is 6. The fraction of sp³-hybridized carbons (Fsp3) is 0.690. The number of rotatable bonds is 4. The molecule has 5 aliphatic rings. The molecule has 4 bridgehead atoms. The molecule has 2 unspecified atom stereocenters. The van der Waals surface area contributed by atoms with Crippen LogP contribution in [0.5, 0.6) is 0 Å².